The van der Waals surface area contributed by atoms with Crippen molar-refractivity contribution in [3.8, 4) is 22.6 Å². The van der Waals surface area contributed by atoms with Crippen LogP contribution in [-0.2, 0) is 13.1 Å². The van der Waals surface area contributed by atoms with E-state index in [1.807, 2.05) is 44.3 Å². The van der Waals surface area contributed by atoms with Crippen LogP contribution in [0.25, 0.3) is 22.6 Å². The number of aromatic nitrogens is 3. The normalized spacial score (nSPS) is 11.3. The standard InChI is InChI=1S/C22H22N4O2/c1-15-20(13-26(3)14-21-25-24-16(2)28-21)23-22(27-15)19-11-9-18(10-12-19)17-7-5-4-6-8-17/h4-12H,13-14H2,1-3H3. The zero-order valence-corrected chi connectivity index (χ0v) is 16.2. The van der Waals surface area contributed by atoms with Crippen LogP contribution in [0, 0.1) is 13.8 Å². The first-order valence-corrected chi connectivity index (χ1v) is 9.18. The lowest BCUT2D eigenvalue weighted by molar-refractivity contribution is 0.275. The Morgan fingerprint density at radius 2 is 1.46 bits per heavy atom. The minimum absolute atomic E-state index is 0.564. The summed E-state index contributed by atoms with van der Waals surface area (Å²) in [5.74, 6) is 2.62. The van der Waals surface area contributed by atoms with Crippen molar-refractivity contribution in [2.75, 3.05) is 7.05 Å². The quantitative estimate of drug-likeness (QED) is 0.490. The summed E-state index contributed by atoms with van der Waals surface area (Å²) in [6, 6.07) is 18.6. The molecule has 0 radical (unpaired) electrons. The third kappa shape index (κ3) is 4.02. The molecule has 2 aromatic heterocycles. The smallest absolute Gasteiger partial charge is 0.230 e. The van der Waals surface area contributed by atoms with Crippen molar-refractivity contribution < 1.29 is 8.83 Å². The fourth-order valence-electron chi connectivity index (χ4n) is 3.08. The summed E-state index contributed by atoms with van der Waals surface area (Å²) in [6.45, 7) is 4.93. The zero-order valence-electron chi connectivity index (χ0n) is 16.2. The molecule has 0 aliphatic carbocycles. The maximum atomic E-state index is 5.91. The van der Waals surface area contributed by atoms with Gasteiger partial charge in [-0.15, -0.1) is 10.2 Å². The minimum atomic E-state index is 0.564. The highest BCUT2D eigenvalue weighted by Gasteiger charge is 2.15. The fraction of sp³-hybridized carbons (Fsp3) is 0.227. The predicted molar refractivity (Wildman–Crippen MR) is 106 cm³/mol. The Labute approximate surface area is 163 Å². The second kappa shape index (κ2) is 7.78. The van der Waals surface area contributed by atoms with Crippen LogP contribution in [0.5, 0.6) is 0 Å². The summed E-state index contributed by atoms with van der Waals surface area (Å²) >= 11 is 0. The molecule has 0 spiro atoms. The van der Waals surface area contributed by atoms with Crippen molar-refractivity contribution >= 4 is 0 Å². The molecular weight excluding hydrogens is 352 g/mol. The Morgan fingerprint density at radius 1 is 0.786 bits per heavy atom. The molecule has 4 rings (SSSR count). The van der Waals surface area contributed by atoms with E-state index >= 15 is 0 Å². The lowest BCUT2D eigenvalue weighted by Crippen LogP contribution is -2.18. The van der Waals surface area contributed by atoms with E-state index in [2.05, 4.69) is 39.4 Å². The molecule has 0 saturated heterocycles. The highest BCUT2D eigenvalue weighted by Crippen LogP contribution is 2.26. The molecular formula is C22H22N4O2. The van der Waals surface area contributed by atoms with Crippen LogP contribution >= 0.6 is 0 Å². The van der Waals surface area contributed by atoms with E-state index in [1.165, 1.54) is 11.1 Å². The number of oxazole rings is 1. The molecule has 0 amide bonds. The highest BCUT2D eigenvalue weighted by molar-refractivity contribution is 5.67. The Kier molecular flexibility index (Phi) is 5.04. The van der Waals surface area contributed by atoms with Gasteiger partial charge in [-0.25, -0.2) is 4.98 Å². The molecule has 6 heteroatoms. The molecule has 0 unspecified atom stereocenters. The first kappa shape index (κ1) is 18.1. The largest absolute Gasteiger partial charge is 0.441 e. The van der Waals surface area contributed by atoms with Crippen molar-refractivity contribution in [3.05, 3.63) is 77.8 Å². The zero-order chi connectivity index (χ0) is 19.5. The van der Waals surface area contributed by atoms with Gasteiger partial charge in [0.05, 0.1) is 12.2 Å². The van der Waals surface area contributed by atoms with Gasteiger partial charge in [-0.1, -0.05) is 42.5 Å². The molecule has 4 aromatic rings. The van der Waals surface area contributed by atoms with Gasteiger partial charge in [0.1, 0.15) is 5.76 Å². The SMILES string of the molecule is Cc1nnc(CN(C)Cc2nc(-c3ccc(-c4ccccc4)cc3)oc2C)o1. The maximum Gasteiger partial charge on any atom is 0.230 e. The maximum absolute atomic E-state index is 5.91. The molecule has 28 heavy (non-hydrogen) atoms. The molecule has 0 aliphatic rings. The van der Waals surface area contributed by atoms with E-state index in [0.29, 0.717) is 30.8 Å². The Hall–Kier alpha value is -3.25. The van der Waals surface area contributed by atoms with Crippen LogP contribution in [0.4, 0.5) is 0 Å². The van der Waals surface area contributed by atoms with Crippen LogP contribution in [0.3, 0.4) is 0 Å². The van der Waals surface area contributed by atoms with Gasteiger partial charge in [0.25, 0.3) is 0 Å². The predicted octanol–water partition coefficient (Wildman–Crippen LogP) is 4.64. The van der Waals surface area contributed by atoms with Crippen molar-refractivity contribution in [1.82, 2.24) is 20.1 Å². The van der Waals surface area contributed by atoms with E-state index < -0.39 is 0 Å². The summed E-state index contributed by atoms with van der Waals surface area (Å²) in [5.41, 5.74) is 4.23. The van der Waals surface area contributed by atoms with Crippen LogP contribution in [0.15, 0.2) is 63.4 Å². The van der Waals surface area contributed by atoms with Gasteiger partial charge in [0.15, 0.2) is 0 Å². The van der Waals surface area contributed by atoms with Gasteiger partial charge in [-0.3, -0.25) is 4.90 Å². The summed E-state index contributed by atoms with van der Waals surface area (Å²) in [7, 11) is 1.99. The van der Waals surface area contributed by atoms with Gasteiger partial charge in [-0.2, -0.15) is 0 Å². The molecule has 0 fully saturated rings. The molecule has 2 aromatic carbocycles. The topological polar surface area (TPSA) is 68.2 Å². The molecule has 2 heterocycles. The molecule has 142 valence electrons. The highest BCUT2D eigenvalue weighted by atomic mass is 16.4. The van der Waals surface area contributed by atoms with Crippen molar-refractivity contribution in [3.63, 3.8) is 0 Å². The van der Waals surface area contributed by atoms with Gasteiger partial charge in [-0.05, 0) is 37.2 Å². The molecule has 0 atom stereocenters. The van der Waals surface area contributed by atoms with E-state index in [9.17, 15) is 0 Å². The van der Waals surface area contributed by atoms with Gasteiger partial charge >= 0.3 is 0 Å². The van der Waals surface area contributed by atoms with Crippen molar-refractivity contribution in [1.29, 1.82) is 0 Å². The van der Waals surface area contributed by atoms with Crippen molar-refractivity contribution in [2.45, 2.75) is 26.9 Å². The van der Waals surface area contributed by atoms with Gasteiger partial charge in [0.2, 0.25) is 17.7 Å². The van der Waals surface area contributed by atoms with E-state index in [4.69, 9.17) is 13.8 Å². The second-order valence-corrected chi connectivity index (χ2v) is 6.85. The molecule has 0 bridgehead atoms. The third-order valence-electron chi connectivity index (χ3n) is 4.52. The lowest BCUT2D eigenvalue weighted by Gasteiger charge is -2.12. The van der Waals surface area contributed by atoms with Crippen LogP contribution in [0.2, 0.25) is 0 Å². The average molecular weight is 374 g/mol. The number of hydrogen-bond acceptors (Lipinski definition) is 6. The first-order valence-electron chi connectivity index (χ1n) is 9.18. The minimum Gasteiger partial charge on any atom is -0.441 e. The molecule has 0 N–H and O–H groups in total. The number of rotatable bonds is 6. The molecule has 0 saturated carbocycles. The number of benzene rings is 2. The third-order valence-corrected chi connectivity index (χ3v) is 4.52. The Morgan fingerprint density at radius 3 is 2.14 bits per heavy atom. The number of hydrogen-bond donors (Lipinski definition) is 0. The Bertz CT molecular complexity index is 1050. The summed E-state index contributed by atoms with van der Waals surface area (Å²) in [6.07, 6.45) is 0. The van der Waals surface area contributed by atoms with E-state index in [0.717, 1.165) is 17.0 Å². The summed E-state index contributed by atoms with van der Waals surface area (Å²) < 4.78 is 11.3. The Balaban J connectivity index is 1.48. The number of aryl methyl sites for hydroxylation is 2. The molecule has 6 nitrogen and oxygen atoms in total. The van der Waals surface area contributed by atoms with Gasteiger partial charge < -0.3 is 8.83 Å². The van der Waals surface area contributed by atoms with E-state index in [-0.39, 0.29) is 0 Å². The first-order chi connectivity index (χ1) is 13.6. The van der Waals surface area contributed by atoms with Crippen molar-refractivity contribution in [2.24, 2.45) is 0 Å². The summed E-state index contributed by atoms with van der Waals surface area (Å²) in [5, 5.41) is 7.89. The molecule has 0 aliphatic heterocycles. The van der Waals surface area contributed by atoms with E-state index in [1.54, 1.807) is 6.92 Å². The average Bonchev–Trinajstić information content (AvgIpc) is 3.28. The summed E-state index contributed by atoms with van der Waals surface area (Å²) in [4.78, 5) is 6.76. The monoisotopic (exact) mass is 374 g/mol. The van der Waals surface area contributed by atoms with Crippen LogP contribution in [-0.4, -0.2) is 27.1 Å². The second-order valence-electron chi connectivity index (χ2n) is 6.85. The lowest BCUT2D eigenvalue weighted by atomic mass is 10.0. The van der Waals surface area contributed by atoms with Crippen LogP contribution < -0.4 is 0 Å². The van der Waals surface area contributed by atoms with Crippen LogP contribution in [0.1, 0.15) is 23.2 Å². The number of nitrogens with zero attached hydrogens (tertiary/aromatic N) is 4. The fourth-order valence-corrected chi connectivity index (χ4v) is 3.08. The van der Waals surface area contributed by atoms with Gasteiger partial charge in [0, 0.05) is 19.0 Å².